The number of rotatable bonds is 0. The van der Waals surface area contributed by atoms with Gasteiger partial charge in [0.2, 0.25) is 0 Å². The maximum Gasteiger partial charge on any atom is 0.252 e. The smallest absolute Gasteiger partial charge is 0.252 e. The fourth-order valence-corrected chi connectivity index (χ4v) is 2.29. The zero-order valence-electron chi connectivity index (χ0n) is 5.74. The van der Waals surface area contributed by atoms with Gasteiger partial charge in [0.1, 0.15) is 0 Å². The zero-order valence-corrected chi connectivity index (χ0v) is 5.74. The third-order valence-electron chi connectivity index (χ3n) is 2.83. The third-order valence-corrected chi connectivity index (χ3v) is 2.83. The fourth-order valence-electron chi connectivity index (χ4n) is 2.29. The second kappa shape index (κ2) is 1.52. The molecule has 0 radical (unpaired) electrons. The lowest BCUT2D eigenvalue weighted by Gasteiger charge is -2.25. The Labute approximate surface area is 58.6 Å². The van der Waals surface area contributed by atoms with E-state index in [9.17, 15) is 8.78 Å². The number of alkyl halides is 2. The van der Waals surface area contributed by atoms with Crippen LogP contribution in [0.5, 0.6) is 0 Å². The van der Waals surface area contributed by atoms with Crippen LogP contribution in [0.15, 0.2) is 0 Å². The number of fused-ring (bicyclic) bond motifs is 2. The van der Waals surface area contributed by atoms with E-state index >= 15 is 0 Å². The molecule has 0 heterocycles. The number of halogens is 2. The van der Waals surface area contributed by atoms with Crippen LogP contribution in [0.3, 0.4) is 0 Å². The summed E-state index contributed by atoms with van der Waals surface area (Å²) in [7, 11) is 0. The van der Waals surface area contributed by atoms with Crippen LogP contribution in [0.2, 0.25) is 0 Å². The Balaban J connectivity index is 2.25. The van der Waals surface area contributed by atoms with Gasteiger partial charge in [-0.2, -0.15) is 0 Å². The maximum absolute atomic E-state index is 12.8. The molecule has 2 aliphatic rings. The predicted octanol–water partition coefficient (Wildman–Crippen LogP) is 1.52. The van der Waals surface area contributed by atoms with E-state index in [-0.39, 0.29) is 6.42 Å². The summed E-state index contributed by atoms with van der Waals surface area (Å²) in [5.74, 6) is -2.86. The highest BCUT2D eigenvalue weighted by Crippen LogP contribution is 2.54. The topological polar surface area (TPSA) is 26.0 Å². The van der Waals surface area contributed by atoms with Crippen LogP contribution in [-0.4, -0.2) is 11.5 Å². The molecule has 10 heavy (non-hydrogen) atoms. The summed E-state index contributed by atoms with van der Waals surface area (Å²) in [6.07, 6.45) is 1.89. The minimum absolute atomic E-state index is 0.0787. The summed E-state index contributed by atoms with van der Waals surface area (Å²) < 4.78 is 25.6. The van der Waals surface area contributed by atoms with Gasteiger partial charge in [-0.05, 0) is 19.3 Å². The Morgan fingerprint density at radius 1 is 1.40 bits per heavy atom. The largest absolute Gasteiger partial charge is 0.325 e. The second-order valence-corrected chi connectivity index (χ2v) is 3.74. The Bertz CT molecular complexity index is 166. The summed E-state index contributed by atoms with van der Waals surface area (Å²) in [6.45, 7) is 0. The number of nitrogens with two attached hydrogens (primary N) is 1. The van der Waals surface area contributed by atoms with Gasteiger partial charge < -0.3 is 5.73 Å². The van der Waals surface area contributed by atoms with Crippen molar-refractivity contribution in [2.45, 2.75) is 37.1 Å². The molecule has 0 spiro atoms. The van der Waals surface area contributed by atoms with Crippen LogP contribution < -0.4 is 5.73 Å². The summed E-state index contributed by atoms with van der Waals surface area (Å²) in [6, 6.07) is 0. The van der Waals surface area contributed by atoms with Crippen LogP contribution in [0.4, 0.5) is 8.78 Å². The van der Waals surface area contributed by atoms with E-state index in [0.29, 0.717) is 12.8 Å². The van der Waals surface area contributed by atoms with Crippen molar-refractivity contribution in [2.75, 3.05) is 0 Å². The lowest BCUT2D eigenvalue weighted by molar-refractivity contribution is -0.0532. The summed E-state index contributed by atoms with van der Waals surface area (Å²) in [5, 5.41) is 0. The van der Waals surface area contributed by atoms with Crippen molar-refractivity contribution in [3.63, 3.8) is 0 Å². The highest BCUT2D eigenvalue weighted by molar-refractivity contribution is 5.08. The molecule has 2 atom stereocenters. The van der Waals surface area contributed by atoms with Gasteiger partial charge in [-0.15, -0.1) is 0 Å². The van der Waals surface area contributed by atoms with Gasteiger partial charge in [-0.25, -0.2) is 8.78 Å². The van der Waals surface area contributed by atoms with E-state index in [1.807, 2.05) is 0 Å². The molecule has 2 N–H and O–H groups in total. The SMILES string of the molecule is NC12CCC(C1)C(F)(F)C2. The minimum Gasteiger partial charge on any atom is -0.325 e. The Kier molecular flexibility index (Phi) is 0.994. The maximum atomic E-state index is 12.8. The van der Waals surface area contributed by atoms with Gasteiger partial charge in [0.25, 0.3) is 5.92 Å². The first-order valence-electron chi connectivity index (χ1n) is 3.69. The second-order valence-electron chi connectivity index (χ2n) is 3.74. The molecule has 0 aromatic rings. The van der Waals surface area contributed by atoms with E-state index in [4.69, 9.17) is 5.73 Å². The van der Waals surface area contributed by atoms with Crippen molar-refractivity contribution < 1.29 is 8.78 Å². The molecule has 2 aliphatic carbocycles. The molecule has 2 fully saturated rings. The van der Waals surface area contributed by atoms with Crippen molar-refractivity contribution in [3.05, 3.63) is 0 Å². The molecule has 0 aromatic carbocycles. The van der Waals surface area contributed by atoms with E-state index < -0.39 is 17.4 Å². The first kappa shape index (κ1) is 6.53. The molecule has 3 heteroatoms. The first-order valence-corrected chi connectivity index (χ1v) is 3.69. The van der Waals surface area contributed by atoms with Crippen LogP contribution in [-0.2, 0) is 0 Å². The van der Waals surface area contributed by atoms with Crippen LogP contribution in [0, 0.1) is 5.92 Å². The molecule has 2 unspecified atom stereocenters. The highest BCUT2D eigenvalue weighted by atomic mass is 19.3. The van der Waals surface area contributed by atoms with Gasteiger partial charge in [0.15, 0.2) is 0 Å². The molecule has 2 saturated carbocycles. The molecule has 0 aromatic heterocycles. The van der Waals surface area contributed by atoms with E-state index in [1.165, 1.54) is 0 Å². The van der Waals surface area contributed by atoms with Crippen molar-refractivity contribution in [2.24, 2.45) is 11.7 Å². The normalized spacial score (nSPS) is 50.1. The number of hydrogen-bond donors (Lipinski definition) is 1. The van der Waals surface area contributed by atoms with Gasteiger partial charge in [0, 0.05) is 17.9 Å². The Hall–Kier alpha value is -0.180. The van der Waals surface area contributed by atoms with Gasteiger partial charge in [-0.3, -0.25) is 0 Å². The lowest BCUT2D eigenvalue weighted by Crippen LogP contribution is -2.38. The monoisotopic (exact) mass is 147 g/mol. The standard InChI is InChI=1S/C7H11F2N/c8-7(9)4-6(10)2-1-5(7)3-6/h5H,1-4,10H2. The summed E-state index contributed by atoms with van der Waals surface area (Å²) in [4.78, 5) is 0. The molecule has 58 valence electrons. The fraction of sp³-hybridized carbons (Fsp3) is 1.00. The third kappa shape index (κ3) is 0.698. The molecule has 0 aliphatic heterocycles. The van der Waals surface area contributed by atoms with Crippen molar-refractivity contribution >= 4 is 0 Å². The minimum atomic E-state index is -2.45. The van der Waals surface area contributed by atoms with Crippen molar-refractivity contribution in [3.8, 4) is 0 Å². The van der Waals surface area contributed by atoms with Crippen LogP contribution >= 0.6 is 0 Å². The number of hydrogen-bond acceptors (Lipinski definition) is 1. The van der Waals surface area contributed by atoms with E-state index in [2.05, 4.69) is 0 Å². The lowest BCUT2D eigenvalue weighted by atomic mass is 9.92. The first-order chi connectivity index (χ1) is 4.52. The summed E-state index contributed by atoms with van der Waals surface area (Å²) in [5.41, 5.74) is 5.19. The molecular formula is C7H11F2N. The van der Waals surface area contributed by atoms with E-state index in [1.54, 1.807) is 0 Å². The Morgan fingerprint density at radius 3 is 2.30 bits per heavy atom. The van der Waals surface area contributed by atoms with Gasteiger partial charge in [0.05, 0.1) is 0 Å². The van der Waals surface area contributed by atoms with Crippen LogP contribution in [0.25, 0.3) is 0 Å². The van der Waals surface area contributed by atoms with Gasteiger partial charge >= 0.3 is 0 Å². The van der Waals surface area contributed by atoms with Crippen molar-refractivity contribution in [1.29, 1.82) is 0 Å². The van der Waals surface area contributed by atoms with Crippen LogP contribution in [0.1, 0.15) is 25.7 Å². The Morgan fingerprint density at radius 2 is 2.10 bits per heavy atom. The average Bonchev–Trinajstić information content (AvgIpc) is 2.16. The molecule has 0 amide bonds. The van der Waals surface area contributed by atoms with E-state index in [0.717, 1.165) is 6.42 Å². The zero-order chi connectivity index (χ0) is 7.41. The molecule has 0 saturated heterocycles. The molecule has 2 bridgehead atoms. The quantitative estimate of drug-likeness (QED) is 0.552. The predicted molar refractivity (Wildman–Crippen MR) is 33.8 cm³/mol. The van der Waals surface area contributed by atoms with Crippen molar-refractivity contribution in [1.82, 2.24) is 0 Å². The average molecular weight is 147 g/mol. The summed E-state index contributed by atoms with van der Waals surface area (Å²) >= 11 is 0. The molecular weight excluding hydrogens is 136 g/mol. The highest BCUT2D eigenvalue weighted by Gasteiger charge is 2.58. The van der Waals surface area contributed by atoms with Gasteiger partial charge in [-0.1, -0.05) is 0 Å². The molecule has 1 nitrogen and oxygen atoms in total. The molecule has 2 rings (SSSR count).